The average molecular weight is 362 g/mol. The van der Waals surface area contributed by atoms with E-state index in [0.29, 0.717) is 17.1 Å². The lowest BCUT2D eigenvalue weighted by atomic mass is 10.2. The van der Waals surface area contributed by atoms with E-state index in [9.17, 15) is 4.39 Å². The second-order valence-corrected chi connectivity index (χ2v) is 5.10. The van der Waals surface area contributed by atoms with Crippen LogP contribution in [-0.2, 0) is 6.54 Å². The Hall–Kier alpha value is -0.810. The fourth-order valence-corrected chi connectivity index (χ4v) is 2.30. The van der Waals surface area contributed by atoms with E-state index >= 15 is 0 Å². The molecule has 1 nitrogen and oxygen atoms in total. The van der Waals surface area contributed by atoms with Crippen LogP contribution >= 0.6 is 34.2 Å². The molecule has 2 aromatic carbocycles. The molecular weight excluding hydrogens is 352 g/mol. The van der Waals surface area contributed by atoms with E-state index in [1.807, 2.05) is 24.3 Å². The highest BCUT2D eigenvalue weighted by atomic mass is 127. The van der Waals surface area contributed by atoms with Gasteiger partial charge in [0.1, 0.15) is 5.82 Å². The highest BCUT2D eigenvalue weighted by Gasteiger charge is 2.06. The van der Waals surface area contributed by atoms with Crippen molar-refractivity contribution in [3.05, 3.63) is 62.4 Å². The summed E-state index contributed by atoms with van der Waals surface area (Å²) < 4.78 is 14.6. The Bertz CT molecular complexity index is 510. The number of rotatable bonds is 3. The van der Waals surface area contributed by atoms with Gasteiger partial charge >= 0.3 is 0 Å². The van der Waals surface area contributed by atoms with Gasteiger partial charge < -0.3 is 5.32 Å². The van der Waals surface area contributed by atoms with Crippen molar-refractivity contribution in [2.45, 2.75) is 6.54 Å². The van der Waals surface area contributed by atoms with Crippen LogP contribution in [0.3, 0.4) is 0 Å². The lowest BCUT2D eigenvalue weighted by Gasteiger charge is -2.10. The first-order chi connectivity index (χ1) is 8.18. The molecule has 0 saturated carbocycles. The van der Waals surface area contributed by atoms with Gasteiger partial charge in [-0.3, -0.25) is 0 Å². The molecule has 17 heavy (non-hydrogen) atoms. The van der Waals surface area contributed by atoms with Gasteiger partial charge in [-0.2, -0.15) is 0 Å². The number of benzene rings is 2. The lowest BCUT2D eigenvalue weighted by molar-refractivity contribution is 0.613. The minimum absolute atomic E-state index is 0.282. The first-order valence-corrected chi connectivity index (χ1v) is 6.55. The van der Waals surface area contributed by atoms with Crippen molar-refractivity contribution in [1.82, 2.24) is 0 Å². The number of nitrogens with one attached hydrogen (secondary N) is 1. The van der Waals surface area contributed by atoms with Crippen LogP contribution in [0.25, 0.3) is 0 Å². The zero-order valence-corrected chi connectivity index (χ0v) is 11.8. The van der Waals surface area contributed by atoms with Gasteiger partial charge in [0.25, 0.3) is 0 Å². The van der Waals surface area contributed by atoms with Crippen LogP contribution in [-0.4, -0.2) is 0 Å². The lowest BCUT2D eigenvalue weighted by Crippen LogP contribution is -2.03. The predicted octanol–water partition coefficient (Wildman–Crippen LogP) is 4.70. The highest BCUT2D eigenvalue weighted by molar-refractivity contribution is 14.1. The molecule has 0 aromatic heterocycles. The molecule has 0 bridgehead atoms. The zero-order chi connectivity index (χ0) is 12.3. The van der Waals surface area contributed by atoms with E-state index in [4.69, 9.17) is 11.6 Å². The van der Waals surface area contributed by atoms with Gasteiger partial charge in [-0.1, -0.05) is 29.8 Å². The van der Waals surface area contributed by atoms with E-state index < -0.39 is 0 Å². The Morgan fingerprint density at radius 1 is 1.12 bits per heavy atom. The number of hydrogen-bond acceptors (Lipinski definition) is 1. The van der Waals surface area contributed by atoms with Crippen LogP contribution in [0.2, 0.25) is 5.02 Å². The van der Waals surface area contributed by atoms with Crippen LogP contribution in [0.1, 0.15) is 5.56 Å². The highest BCUT2D eigenvalue weighted by Crippen LogP contribution is 2.22. The van der Waals surface area contributed by atoms with Gasteiger partial charge in [-0.05, 0) is 46.9 Å². The quantitative estimate of drug-likeness (QED) is 0.782. The second kappa shape index (κ2) is 5.69. The SMILES string of the molecule is Fc1cccc(Cl)c1CNc1ccccc1I. The minimum atomic E-state index is -0.282. The van der Waals surface area contributed by atoms with Gasteiger partial charge in [0, 0.05) is 26.4 Å². The molecule has 0 saturated heterocycles. The van der Waals surface area contributed by atoms with Gasteiger partial charge in [0.15, 0.2) is 0 Å². The molecule has 0 radical (unpaired) electrons. The standard InChI is InChI=1S/C13H10ClFIN/c14-10-4-3-5-11(15)9(10)8-17-13-7-2-1-6-12(13)16/h1-7,17H,8H2. The van der Waals surface area contributed by atoms with Crippen molar-refractivity contribution in [1.29, 1.82) is 0 Å². The Kier molecular flexibility index (Phi) is 4.23. The Balaban J connectivity index is 2.16. The summed E-state index contributed by atoms with van der Waals surface area (Å²) in [5.74, 6) is -0.282. The molecule has 1 N–H and O–H groups in total. The summed E-state index contributed by atoms with van der Waals surface area (Å²) in [6.07, 6.45) is 0. The maximum atomic E-state index is 13.5. The van der Waals surface area contributed by atoms with Gasteiger partial charge in [-0.15, -0.1) is 0 Å². The average Bonchev–Trinajstić information content (AvgIpc) is 2.30. The Morgan fingerprint density at radius 2 is 1.88 bits per heavy atom. The molecule has 2 rings (SSSR count). The van der Waals surface area contributed by atoms with Gasteiger partial charge in [0.2, 0.25) is 0 Å². The maximum absolute atomic E-state index is 13.5. The summed E-state index contributed by atoms with van der Waals surface area (Å²) >= 11 is 8.18. The van der Waals surface area contributed by atoms with Crippen molar-refractivity contribution < 1.29 is 4.39 Å². The van der Waals surface area contributed by atoms with Crippen molar-refractivity contribution in [3.8, 4) is 0 Å². The summed E-state index contributed by atoms with van der Waals surface area (Å²) in [5, 5.41) is 3.63. The maximum Gasteiger partial charge on any atom is 0.129 e. The smallest absolute Gasteiger partial charge is 0.129 e. The van der Waals surface area contributed by atoms with Crippen molar-refractivity contribution in [3.63, 3.8) is 0 Å². The summed E-state index contributed by atoms with van der Waals surface area (Å²) in [6.45, 7) is 0.380. The second-order valence-electron chi connectivity index (χ2n) is 3.53. The van der Waals surface area contributed by atoms with Gasteiger partial charge in [-0.25, -0.2) is 4.39 Å². The van der Waals surface area contributed by atoms with E-state index in [-0.39, 0.29) is 5.82 Å². The fourth-order valence-electron chi connectivity index (χ4n) is 1.49. The van der Waals surface area contributed by atoms with E-state index in [0.717, 1.165) is 9.26 Å². The molecule has 0 aliphatic rings. The molecule has 0 amide bonds. The van der Waals surface area contributed by atoms with Crippen LogP contribution in [0.4, 0.5) is 10.1 Å². The predicted molar refractivity (Wildman–Crippen MR) is 77.9 cm³/mol. The number of para-hydroxylation sites is 1. The largest absolute Gasteiger partial charge is 0.380 e. The zero-order valence-electron chi connectivity index (χ0n) is 8.88. The number of anilines is 1. The Labute approximate surface area is 118 Å². The molecule has 0 fully saturated rings. The van der Waals surface area contributed by atoms with Crippen LogP contribution in [0.5, 0.6) is 0 Å². The summed E-state index contributed by atoms with van der Waals surface area (Å²) in [4.78, 5) is 0. The van der Waals surface area contributed by atoms with Crippen molar-refractivity contribution in [2.75, 3.05) is 5.32 Å². The molecule has 0 unspecified atom stereocenters. The van der Waals surface area contributed by atoms with Crippen molar-refractivity contribution in [2.24, 2.45) is 0 Å². The Morgan fingerprint density at radius 3 is 2.59 bits per heavy atom. The third-order valence-corrected chi connectivity index (χ3v) is 3.69. The number of hydrogen-bond donors (Lipinski definition) is 1. The van der Waals surface area contributed by atoms with E-state index in [1.54, 1.807) is 12.1 Å². The third-order valence-electron chi connectivity index (χ3n) is 2.39. The monoisotopic (exact) mass is 361 g/mol. The minimum Gasteiger partial charge on any atom is -0.380 e. The normalized spacial score (nSPS) is 10.3. The topological polar surface area (TPSA) is 12.0 Å². The molecule has 0 atom stereocenters. The molecular formula is C13H10ClFIN. The first kappa shape index (κ1) is 12.6. The molecule has 0 heterocycles. The molecule has 0 aliphatic carbocycles. The summed E-state index contributed by atoms with van der Waals surface area (Å²) in [5.41, 5.74) is 1.47. The molecule has 88 valence electrons. The van der Waals surface area contributed by atoms with Gasteiger partial charge in [0.05, 0.1) is 0 Å². The molecule has 0 spiro atoms. The van der Waals surface area contributed by atoms with E-state index in [1.165, 1.54) is 6.07 Å². The van der Waals surface area contributed by atoms with Crippen LogP contribution in [0, 0.1) is 9.39 Å². The van der Waals surface area contributed by atoms with E-state index in [2.05, 4.69) is 27.9 Å². The van der Waals surface area contributed by atoms with Crippen LogP contribution < -0.4 is 5.32 Å². The van der Waals surface area contributed by atoms with Crippen LogP contribution in [0.15, 0.2) is 42.5 Å². The van der Waals surface area contributed by atoms with Crippen molar-refractivity contribution >= 4 is 39.9 Å². The fraction of sp³-hybridized carbons (Fsp3) is 0.0769. The molecule has 4 heteroatoms. The number of halogens is 3. The molecule has 2 aromatic rings. The molecule has 0 aliphatic heterocycles. The summed E-state index contributed by atoms with van der Waals surface area (Å²) in [7, 11) is 0. The third kappa shape index (κ3) is 3.10. The summed E-state index contributed by atoms with van der Waals surface area (Å²) in [6, 6.07) is 12.6. The first-order valence-electron chi connectivity index (χ1n) is 5.10.